The van der Waals surface area contributed by atoms with Gasteiger partial charge in [-0.3, -0.25) is 0 Å². The summed E-state index contributed by atoms with van der Waals surface area (Å²) in [5.41, 5.74) is -0.172. The van der Waals surface area contributed by atoms with Gasteiger partial charge < -0.3 is 0 Å². The van der Waals surface area contributed by atoms with Gasteiger partial charge in [0, 0.05) is 5.41 Å². The Balaban J connectivity index is 2.75. The quantitative estimate of drug-likeness (QED) is 0.425. The molecule has 0 bridgehead atoms. The summed E-state index contributed by atoms with van der Waals surface area (Å²) in [6, 6.07) is -0.358. The lowest BCUT2D eigenvalue weighted by Gasteiger charge is -1.92. The number of isocyanates is 2. The molecule has 0 amide bonds. The predicted molar refractivity (Wildman–Crippen MR) is 37.6 cm³/mol. The molecule has 4 heteroatoms. The summed E-state index contributed by atoms with van der Waals surface area (Å²) in [6.45, 7) is 3.79. The largest absolute Gasteiger partial charge is 0.235 e. The average Bonchev–Trinajstić information content (AvgIpc) is 2.41. The van der Waals surface area contributed by atoms with E-state index in [1.54, 1.807) is 0 Å². The van der Waals surface area contributed by atoms with Gasteiger partial charge in [-0.25, -0.2) is 9.59 Å². The number of nitrogens with zero attached hydrogens (tertiary/aromatic N) is 2. The van der Waals surface area contributed by atoms with E-state index in [2.05, 4.69) is 9.98 Å². The third kappa shape index (κ3) is 1.14. The van der Waals surface area contributed by atoms with Crippen LogP contribution in [0.15, 0.2) is 9.98 Å². The van der Waals surface area contributed by atoms with Gasteiger partial charge in [-0.1, -0.05) is 13.8 Å². The summed E-state index contributed by atoms with van der Waals surface area (Å²) in [5.74, 6) is 0. The van der Waals surface area contributed by atoms with Crippen LogP contribution in [0.3, 0.4) is 0 Å². The van der Waals surface area contributed by atoms with Crippen molar-refractivity contribution >= 4 is 12.2 Å². The highest BCUT2D eigenvalue weighted by Gasteiger charge is 2.59. The second kappa shape index (κ2) is 2.42. The number of hydrogen-bond acceptors (Lipinski definition) is 4. The monoisotopic (exact) mass is 152 g/mol. The van der Waals surface area contributed by atoms with Gasteiger partial charge in [0.1, 0.15) is 0 Å². The van der Waals surface area contributed by atoms with Gasteiger partial charge in [0.25, 0.3) is 0 Å². The summed E-state index contributed by atoms with van der Waals surface area (Å²) in [7, 11) is 0. The van der Waals surface area contributed by atoms with Gasteiger partial charge in [-0.15, -0.1) is 0 Å². The molecule has 58 valence electrons. The fourth-order valence-electron chi connectivity index (χ4n) is 1.17. The molecule has 0 aromatic carbocycles. The number of aliphatic imine (C=N–C) groups is 2. The van der Waals surface area contributed by atoms with E-state index in [9.17, 15) is 9.59 Å². The van der Waals surface area contributed by atoms with E-state index < -0.39 is 0 Å². The Hall–Kier alpha value is -1.24. The molecule has 0 aromatic rings. The standard InChI is InChI=1S/C7H8N2O2/c1-7(2)5(8-3-10)6(7)9-4-11/h5-6H,1-2H3/t5-,6-/m0/s1. The molecule has 0 radical (unpaired) electrons. The van der Waals surface area contributed by atoms with Crippen LogP contribution in [-0.2, 0) is 9.59 Å². The summed E-state index contributed by atoms with van der Waals surface area (Å²) in [4.78, 5) is 26.7. The normalized spacial score (nSPS) is 31.5. The van der Waals surface area contributed by atoms with E-state index >= 15 is 0 Å². The highest BCUT2D eigenvalue weighted by molar-refractivity contribution is 5.41. The van der Waals surface area contributed by atoms with Crippen LogP contribution in [0.4, 0.5) is 0 Å². The number of hydrogen-bond donors (Lipinski definition) is 0. The maximum absolute atomic E-state index is 9.86. The van der Waals surface area contributed by atoms with E-state index in [0.29, 0.717) is 0 Å². The third-order valence-electron chi connectivity index (χ3n) is 2.10. The van der Waals surface area contributed by atoms with E-state index in [0.717, 1.165) is 0 Å². The average molecular weight is 152 g/mol. The van der Waals surface area contributed by atoms with Crippen LogP contribution in [0.1, 0.15) is 13.8 Å². The van der Waals surface area contributed by atoms with Crippen LogP contribution in [0, 0.1) is 5.41 Å². The lowest BCUT2D eigenvalue weighted by molar-refractivity contribution is 0.553. The van der Waals surface area contributed by atoms with Crippen LogP contribution in [0.5, 0.6) is 0 Å². The minimum Gasteiger partial charge on any atom is -0.211 e. The maximum Gasteiger partial charge on any atom is 0.235 e. The topological polar surface area (TPSA) is 58.9 Å². The molecule has 0 heterocycles. The van der Waals surface area contributed by atoms with Gasteiger partial charge in [0.05, 0.1) is 12.1 Å². The lowest BCUT2D eigenvalue weighted by Crippen LogP contribution is -1.91. The Labute approximate surface area is 64.0 Å². The molecule has 0 N–H and O–H groups in total. The maximum atomic E-state index is 9.86. The molecule has 0 spiro atoms. The van der Waals surface area contributed by atoms with Crippen LogP contribution in [0.25, 0.3) is 0 Å². The molecule has 2 atom stereocenters. The first-order valence-corrected chi connectivity index (χ1v) is 3.28. The van der Waals surface area contributed by atoms with Gasteiger partial charge in [0.2, 0.25) is 12.2 Å². The zero-order chi connectivity index (χ0) is 8.48. The smallest absolute Gasteiger partial charge is 0.211 e. The summed E-state index contributed by atoms with van der Waals surface area (Å²) >= 11 is 0. The molecule has 1 saturated carbocycles. The van der Waals surface area contributed by atoms with Crippen molar-refractivity contribution in [2.75, 3.05) is 0 Å². The highest BCUT2D eigenvalue weighted by atomic mass is 16.1. The second-order valence-electron chi connectivity index (χ2n) is 3.15. The van der Waals surface area contributed by atoms with E-state index in [1.165, 1.54) is 12.2 Å². The first-order chi connectivity index (χ1) is 5.14. The molecule has 1 rings (SSSR count). The first-order valence-electron chi connectivity index (χ1n) is 3.28. The zero-order valence-electron chi connectivity index (χ0n) is 6.37. The molecule has 1 fully saturated rings. The van der Waals surface area contributed by atoms with Crippen molar-refractivity contribution in [1.82, 2.24) is 0 Å². The molecule has 11 heavy (non-hydrogen) atoms. The molecule has 0 aliphatic heterocycles. The van der Waals surface area contributed by atoms with Crippen molar-refractivity contribution in [2.24, 2.45) is 15.4 Å². The summed E-state index contributed by atoms with van der Waals surface area (Å²) in [5, 5.41) is 0. The Kier molecular flexibility index (Phi) is 1.73. The molecular formula is C7H8N2O2. The third-order valence-corrected chi connectivity index (χ3v) is 2.10. The van der Waals surface area contributed by atoms with Crippen molar-refractivity contribution in [3.63, 3.8) is 0 Å². The van der Waals surface area contributed by atoms with Gasteiger partial charge in [0.15, 0.2) is 0 Å². The molecular weight excluding hydrogens is 144 g/mol. The minimum absolute atomic E-state index is 0.172. The SMILES string of the molecule is CC1(C)[C@@H](N=C=O)[C@@H]1N=C=O. The van der Waals surface area contributed by atoms with Crippen molar-refractivity contribution in [3.05, 3.63) is 0 Å². The van der Waals surface area contributed by atoms with Crippen LogP contribution < -0.4 is 0 Å². The molecule has 0 aromatic heterocycles. The summed E-state index contributed by atoms with van der Waals surface area (Å²) in [6.07, 6.45) is 2.92. The molecule has 1 aliphatic rings. The van der Waals surface area contributed by atoms with E-state index in [4.69, 9.17) is 0 Å². The molecule has 0 unspecified atom stereocenters. The van der Waals surface area contributed by atoms with Crippen molar-refractivity contribution in [3.8, 4) is 0 Å². The molecule has 4 nitrogen and oxygen atoms in total. The Morgan fingerprint density at radius 3 is 1.73 bits per heavy atom. The fraction of sp³-hybridized carbons (Fsp3) is 0.714. The fourth-order valence-corrected chi connectivity index (χ4v) is 1.17. The molecule has 0 saturated heterocycles. The van der Waals surface area contributed by atoms with E-state index in [1.807, 2.05) is 13.8 Å². The van der Waals surface area contributed by atoms with Gasteiger partial charge in [-0.05, 0) is 0 Å². The van der Waals surface area contributed by atoms with E-state index in [-0.39, 0.29) is 17.5 Å². The first kappa shape index (κ1) is 7.86. The minimum atomic E-state index is -0.179. The zero-order valence-corrected chi connectivity index (χ0v) is 6.37. The Morgan fingerprint density at radius 1 is 1.09 bits per heavy atom. The Morgan fingerprint density at radius 2 is 1.45 bits per heavy atom. The Bertz CT molecular complexity index is 234. The predicted octanol–water partition coefficient (Wildman–Crippen LogP) is 0.435. The van der Waals surface area contributed by atoms with Gasteiger partial charge in [-0.2, -0.15) is 9.98 Å². The molecule has 1 aliphatic carbocycles. The van der Waals surface area contributed by atoms with Gasteiger partial charge >= 0.3 is 0 Å². The number of rotatable bonds is 2. The highest BCUT2D eigenvalue weighted by Crippen LogP contribution is 2.49. The van der Waals surface area contributed by atoms with Crippen molar-refractivity contribution in [1.29, 1.82) is 0 Å². The van der Waals surface area contributed by atoms with Crippen molar-refractivity contribution in [2.45, 2.75) is 25.9 Å². The van der Waals surface area contributed by atoms with Crippen LogP contribution in [-0.4, -0.2) is 24.2 Å². The number of carbonyl (C=O) groups excluding carboxylic acids is 2. The summed E-state index contributed by atoms with van der Waals surface area (Å²) < 4.78 is 0. The van der Waals surface area contributed by atoms with Crippen LogP contribution >= 0.6 is 0 Å². The second-order valence-corrected chi connectivity index (χ2v) is 3.15. The lowest BCUT2D eigenvalue weighted by atomic mass is 10.2. The van der Waals surface area contributed by atoms with Crippen LogP contribution in [0.2, 0.25) is 0 Å². The van der Waals surface area contributed by atoms with Crippen molar-refractivity contribution < 1.29 is 9.59 Å².